The summed E-state index contributed by atoms with van der Waals surface area (Å²) in [4.78, 5) is 11.2. The number of fused-ring (bicyclic) bond motifs is 2. The normalized spacial score (nSPS) is 33.7. The first-order chi connectivity index (χ1) is 7.52. The summed E-state index contributed by atoms with van der Waals surface area (Å²) < 4.78 is 30.3. The van der Waals surface area contributed by atoms with E-state index in [1.54, 1.807) is 0 Å². The molecule has 16 heavy (non-hydrogen) atoms. The second-order valence-electron chi connectivity index (χ2n) is 4.43. The summed E-state index contributed by atoms with van der Waals surface area (Å²) in [6, 6.07) is 0. The van der Waals surface area contributed by atoms with Gasteiger partial charge in [0.15, 0.2) is 0 Å². The number of rotatable bonds is 5. The van der Waals surface area contributed by atoms with Gasteiger partial charge in [-0.25, -0.2) is 5.26 Å². The predicted octanol–water partition coefficient (Wildman–Crippen LogP) is 2.65. The third kappa shape index (κ3) is 2.53. The minimum absolute atomic E-state index is 0.00851. The first-order valence-electron chi connectivity index (χ1n) is 5.08. The van der Waals surface area contributed by atoms with Crippen molar-refractivity contribution >= 4 is 17.8 Å². The van der Waals surface area contributed by atoms with E-state index < -0.39 is 5.25 Å². The Bertz CT molecular complexity index is 287. The van der Waals surface area contributed by atoms with E-state index in [0.29, 0.717) is 12.8 Å². The molecule has 2 aliphatic carbocycles. The van der Waals surface area contributed by atoms with Crippen molar-refractivity contribution in [2.45, 2.75) is 30.9 Å². The molecule has 4 nitrogen and oxygen atoms in total. The van der Waals surface area contributed by atoms with Crippen LogP contribution in [0.5, 0.6) is 0 Å². The number of alkyl halides is 2. The Morgan fingerprint density at radius 1 is 1.50 bits per heavy atom. The van der Waals surface area contributed by atoms with E-state index in [9.17, 15) is 13.6 Å². The number of halogens is 2. The highest BCUT2D eigenvalue weighted by molar-refractivity contribution is 7.95. The number of carbonyl (C=O) groups excluding carboxylic acids is 1. The summed E-state index contributed by atoms with van der Waals surface area (Å²) >= 11 is -0.197. The third-order valence-electron chi connectivity index (χ3n) is 3.45. The lowest BCUT2D eigenvalue weighted by Crippen LogP contribution is -2.24. The van der Waals surface area contributed by atoms with Crippen LogP contribution in [-0.4, -0.2) is 16.3 Å². The number of hydrogen-bond acceptors (Lipinski definition) is 5. The highest BCUT2D eigenvalue weighted by Gasteiger charge is 2.49. The number of ketones is 1. The molecule has 92 valence electrons. The van der Waals surface area contributed by atoms with Gasteiger partial charge in [0.05, 0.1) is 0 Å². The van der Waals surface area contributed by atoms with Gasteiger partial charge >= 0.3 is 5.25 Å². The van der Waals surface area contributed by atoms with Crippen LogP contribution >= 0.6 is 12.0 Å². The lowest BCUT2D eigenvalue weighted by molar-refractivity contribution is -0.433. The van der Waals surface area contributed by atoms with E-state index in [4.69, 9.17) is 5.26 Å². The highest BCUT2D eigenvalue weighted by atomic mass is 32.2. The van der Waals surface area contributed by atoms with Crippen LogP contribution in [0.4, 0.5) is 8.78 Å². The molecule has 0 aromatic rings. The molecular formula is C9H12F2O4S. The molecule has 0 radical (unpaired) electrons. The molecule has 0 saturated heterocycles. The molecule has 2 fully saturated rings. The fraction of sp³-hybridized carbons (Fsp3) is 0.889. The first kappa shape index (κ1) is 12.2. The zero-order valence-corrected chi connectivity index (χ0v) is 9.21. The molecular weight excluding hydrogens is 242 g/mol. The van der Waals surface area contributed by atoms with Crippen molar-refractivity contribution in [2.24, 2.45) is 17.8 Å². The zero-order chi connectivity index (χ0) is 11.8. The van der Waals surface area contributed by atoms with Gasteiger partial charge in [-0.05, 0) is 24.7 Å². The Morgan fingerprint density at radius 3 is 2.75 bits per heavy atom. The van der Waals surface area contributed by atoms with Crippen molar-refractivity contribution < 1.29 is 28.2 Å². The van der Waals surface area contributed by atoms with Gasteiger partial charge in [0.25, 0.3) is 0 Å². The molecule has 2 rings (SSSR count). The summed E-state index contributed by atoms with van der Waals surface area (Å²) in [5.41, 5.74) is 0. The minimum Gasteiger partial charge on any atom is -0.299 e. The summed E-state index contributed by atoms with van der Waals surface area (Å²) in [5, 5.41) is 7.86. The molecule has 0 aromatic heterocycles. The summed E-state index contributed by atoms with van der Waals surface area (Å²) in [7, 11) is 0. The van der Waals surface area contributed by atoms with E-state index in [1.165, 1.54) is 0 Å². The maximum absolute atomic E-state index is 13.2. The lowest BCUT2D eigenvalue weighted by atomic mass is 9.86. The average molecular weight is 254 g/mol. The summed E-state index contributed by atoms with van der Waals surface area (Å²) in [5.74, 6) is 0.171. The van der Waals surface area contributed by atoms with Crippen molar-refractivity contribution in [3.63, 3.8) is 0 Å². The van der Waals surface area contributed by atoms with Crippen molar-refractivity contribution in [1.82, 2.24) is 0 Å². The molecule has 0 amide bonds. The maximum Gasteiger partial charge on any atom is 0.321 e. The van der Waals surface area contributed by atoms with Crippen LogP contribution in [0.1, 0.15) is 25.7 Å². The van der Waals surface area contributed by atoms with Crippen molar-refractivity contribution in [1.29, 1.82) is 0 Å². The van der Waals surface area contributed by atoms with E-state index in [1.807, 2.05) is 0 Å². The highest BCUT2D eigenvalue weighted by Crippen LogP contribution is 2.51. The Kier molecular flexibility index (Phi) is 3.48. The molecule has 2 bridgehead atoms. The molecule has 3 atom stereocenters. The SMILES string of the molecule is O=C1CC2CC1CC2CC(F)(F)SOOO. The van der Waals surface area contributed by atoms with Crippen molar-refractivity contribution in [2.75, 3.05) is 0 Å². The fourth-order valence-electron chi connectivity index (χ4n) is 2.80. The molecule has 0 aliphatic heterocycles. The number of Topliss-reactive ketones (excluding diaryl/α,β-unsaturated/α-hetero) is 1. The second-order valence-corrected chi connectivity index (χ2v) is 5.33. The van der Waals surface area contributed by atoms with Gasteiger partial charge in [0.1, 0.15) is 17.8 Å². The summed E-state index contributed by atoms with van der Waals surface area (Å²) in [6.45, 7) is 0. The van der Waals surface area contributed by atoms with Gasteiger partial charge in [-0.3, -0.25) is 4.79 Å². The maximum atomic E-state index is 13.2. The molecule has 7 heteroatoms. The van der Waals surface area contributed by atoms with Gasteiger partial charge in [-0.1, -0.05) is 5.04 Å². The van der Waals surface area contributed by atoms with E-state index in [0.717, 1.165) is 6.42 Å². The van der Waals surface area contributed by atoms with Crippen LogP contribution in [0.15, 0.2) is 0 Å². The van der Waals surface area contributed by atoms with Gasteiger partial charge in [-0.2, -0.15) is 8.78 Å². The number of carbonyl (C=O) groups is 1. The Morgan fingerprint density at radius 2 is 2.25 bits per heavy atom. The van der Waals surface area contributed by atoms with Crippen molar-refractivity contribution in [3.05, 3.63) is 0 Å². The summed E-state index contributed by atoms with van der Waals surface area (Å²) in [6.07, 6.45) is 1.41. The molecule has 1 N–H and O–H groups in total. The molecule has 0 aromatic carbocycles. The van der Waals surface area contributed by atoms with Crippen LogP contribution in [0.25, 0.3) is 0 Å². The molecule has 3 unspecified atom stereocenters. The Hall–Kier alpha value is -0.240. The van der Waals surface area contributed by atoms with Crippen LogP contribution in [0.2, 0.25) is 0 Å². The number of hydrogen-bond donors (Lipinski definition) is 1. The fourth-order valence-corrected chi connectivity index (χ4v) is 3.22. The van der Waals surface area contributed by atoms with Gasteiger partial charge in [0, 0.05) is 18.8 Å². The quantitative estimate of drug-likeness (QED) is 0.464. The largest absolute Gasteiger partial charge is 0.321 e. The van der Waals surface area contributed by atoms with E-state index in [2.05, 4.69) is 9.37 Å². The molecule has 0 spiro atoms. The monoisotopic (exact) mass is 254 g/mol. The van der Waals surface area contributed by atoms with Crippen LogP contribution in [0.3, 0.4) is 0 Å². The lowest BCUT2D eigenvalue weighted by Gasteiger charge is -2.24. The average Bonchev–Trinajstić information content (AvgIpc) is 2.73. The first-order valence-corrected chi connectivity index (χ1v) is 5.82. The van der Waals surface area contributed by atoms with E-state index >= 15 is 0 Å². The van der Waals surface area contributed by atoms with Gasteiger partial charge < -0.3 is 0 Å². The van der Waals surface area contributed by atoms with Gasteiger partial charge in [0.2, 0.25) is 0 Å². The molecule has 2 saturated carbocycles. The second kappa shape index (κ2) is 4.56. The van der Waals surface area contributed by atoms with Crippen molar-refractivity contribution in [3.8, 4) is 0 Å². The Balaban J connectivity index is 1.85. The minimum atomic E-state index is -3.10. The smallest absolute Gasteiger partial charge is 0.299 e. The van der Waals surface area contributed by atoms with Crippen LogP contribution < -0.4 is 0 Å². The zero-order valence-electron chi connectivity index (χ0n) is 8.40. The molecule has 0 heterocycles. The standard InChI is InChI=1S/C9H12F2O4S/c10-9(11,16-15-14-13)4-7-2-6-1-5(7)3-8(6)12/h5-7,13H,1-4H2. The van der Waals surface area contributed by atoms with Crippen LogP contribution in [0, 0.1) is 17.8 Å². The molecule has 2 aliphatic rings. The topological polar surface area (TPSA) is 55.8 Å². The van der Waals surface area contributed by atoms with Crippen LogP contribution in [-0.2, 0) is 14.2 Å². The van der Waals surface area contributed by atoms with Gasteiger partial charge in [-0.15, -0.1) is 4.33 Å². The van der Waals surface area contributed by atoms with E-state index in [-0.39, 0.29) is 42.0 Å². The Labute approximate surface area is 95.4 Å². The third-order valence-corrected chi connectivity index (χ3v) is 3.99. The predicted molar refractivity (Wildman–Crippen MR) is 51.3 cm³/mol.